The molecule has 0 aliphatic carbocycles. The summed E-state index contributed by atoms with van der Waals surface area (Å²) in [5, 5.41) is 13.5. The fourth-order valence-corrected chi connectivity index (χ4v) is 2.37. The lowest BCUT2D eigenvalue weighted by molar-refractivity contribution is -0.132. The monoisotopic (exact) mass is 276 g/mol. The van der Waals surface area contributed by atoms with Crippen molar-refractivity contribution < 1.29 is 23.1 Å². The number of hydrogen-bond donors (Lipinski definition) is 1. The van der Waals surface area contributed by atoms with E-state index in [-0.39, 0.29) is 48.9 Å². The molecular formula is C10H16N2O5S. The van der Waals surface area contributed by atoms with Crippen molar-refractivity contribution in [3.05, 3.63) is 0 Å². The molecule has 0 bridgehead atoms. The molecule has 0 spiro atoms. The number of carbonyl (C=O) groups is 2. The Hall–Kier alpha value is -1.44. The Bertz CT molecular complexity index is 469. The zero-order valence-electron chi connectivity index (χ0n) is 10.1. The van der Waals surface area contributed by atoms with E-state index in [4.69, 9.17) is 5.11 Å². The number of aliphatic carboxylic acids is 1. The average Bonchev–Trinajstić information content (AvgIpc) is 2.31. The molecule has 0 aromatic rings. The Morgan fingerprint density at radius 2 is 2.11 bits per heavy atom. The Kier molecular flexibility index (Phi) is 4.83. The number of hydrogen-bond acceptors (Lipinski definition) is 5. The maximum Gasteiger partial charge on any atom is 0.352 e. The van der Waals surface area contributed by atoms with Crippen molar-refractivity contribution in [1.29, 1.82) is 0 Å². The predicted octanol–water partition coefficient (Wildman–Crippen LogP) is -0.126. The van der Waals surface area contributed by atoms with Crippen LogP contribution in [0.15, 0.2) is 5.10 Å². The maximum absolute atomic E-state index is 11.5. The summed E-state index contributed by atoms with van der Waals surface area (Å²) in [5.41, 5.74) is -0.0621. The highest BCUT2D eigenvalue weighted by molar-refractivity contribution is 7.91. The Morgan fingerprint density at radius 3 is 2.67 bits per heavy atom. The molecule has 0 atom stereocenters. The number of hydrazone groups is 1. The van der Waals surface area contributed by atoms with Gasteiger partial charge >= 0.3 is 5.97 Å². The molecule has 0 unspecified atom stereocenters. The molecule has 1 amide bonds. The predicted molar refractivity (Wildman–Crippen MR) is 65.0 cm³/mol. The summed E-state index contributed by atoms with van der Waals surface area (Å²) in [5.74, 6) is -1.38. The van der Waals surface area contributed by atoms with Crippen molar-refractivity contribution in [3.63, 3.8) is 0 Å². The molecule has 1 heterocycles. The van der Waals surface area contributed by atoms with E-state index < -0.39 is 15.8 Å². The Labute approximate surface area is 105 Å². The summed E-state index contributed by atoms with van der Waals surface area (Å²) in [7, 11) is -3.07. The highest BCUT2D eigenvalue weighted by Gasteiger charge is 2.24. The first-order chi connectivity index (χ1) is 8.35. The van der Waals surface area contributed by atoms with Gasteiger partial charge in [-0.15, -0.1) is 0 Å². The first-order valence-corrected chi connectivity index (χ1v) is 7.49. The number of nitrogens with zero attached hydrogens (tertiary/aromatic N) is 2. The third-order valence-electron chi connectivity index (χ3n) is 2.62. The molecule has 0 aromatic carbocycles. The number of sulfone groups is 1. The number of amides is 1. The highest BCUT2D eigenvalue weighted by Crippen LogP contribution is 2.10. The number of rotatable bonds is 6. The fourth-order valence-electron chi connectivity index (χ4n) is 1.51. The van der Waals surface area contributed by atoms with E-state index in [0.29, 0.717) is 0 Å². The second-order valence-corrected chi connectivity index (χ2v) is 6.43. The summed E-state index contributed by atoms with van der Waals surface area (Å²) in [4.78, 5) is 22.2. The van der Waals surface area contributed by atoms with Crippen molar-refractivity contribution in [1.82, 2.24) is 5.01 Å². The quantitative estimate of drug-likeness (QED) is 0.728. The van der Waals surface area contributed by atoms with Crippen LogP contribution in [0.5, 0.6) is 0 Å². The molecule has 0 saturated heterocycles. The fraction of sp³-hybridized carbons (Fsp3) is 0.700. The van der Waals surface area contributed by atoms with Crippen LogP contribution in [0, 0.1) is 0 Å². The lowest BCUT2D eigenvalue weighted by Crippen LogP contribution is -2.35. The van der Waals surface area contributed by atoms with Crippen LogP contribution in [-0.4, -0.2) is 54.2 Å². The van der Waals surface area contributed by atoms with Crippen molar-refractivity contribution in [2.24, 2.45) is 5.10 Å². The first kappa shape index (κ1) is 14.6. The number of carbonyl (C=O) groups excluding carboxylic acids is 1. The zero-order valence-corrected chi connectivity index (χ0v) is 10.9. The first-order valence-electron chi connectivity index (χ1n) is 5.67. The van der Waals surface area contributed by atoms with Gasteiger partial charge in [-0.05, 0) is 6.42 Å². The third kappa shape index (κ3) is 4.10. The summed E-state index contributed by atoms with van der Waals surface area (Å²) < 4.78 is 22.5. The van der Waals surface area contributed by atoms with E-state index in [0.717, 1.165) is 5.01 Å². The highest BCUT2D eigenvalue weighted by atomic mass is 32.2. The Morgan fingerprint density at radius 1 is 1.44 bits per heavy atom. The largest absolute Gasteiger partial charge is 0.477 e. The molecule has 18 heavy (non-hydrogen) atoms. The van der Waals surface area contributed by atoms with E-state index in [1.807, 2.05) is 0 Å². The molecular weight excluding hydrogens is 260 g/mol. The van der Waals surface area contributed by atoms with Crippen LogP contribution in [0.4, 0.5) is 0 Å². The van der Waals surface area contributed by atoms with E-state index in [2.05, 4.69) is 5.10 Å². The molecule has 8 heteroatoms. The van der Waals surface area contributed by atoms with Gasteiger partial charge < -0.3 is 5.11 Å². The van der Waals surface area contributed by atoms with Crippen molar-refractivity contribution >= 4 is 27.4 Å². The zero-order chi connectivity index (χ0) is 13.8. The van der Waals surface area contributed by atoms with Crippen LogP contribution >= 0.6 is 0 Å². The lowest BCUT2D eigenvalue weighted by Gasteiger charge is -2.21. The van der Waals surface area contributed by atoms with Crippen LogP contribution < -0.4 is 0 Å². The van der Waals surface area contributed by atoms with Gasteiger partial charge in [0.25, 0.3) is 0 Å². The number of carboxylic acid groups (broad SMARTS) is 1. The van der Waals surface area contributed by atoms with Gasteiger partial charge in [-0.3, -0.25) is 4.79 Å². The van der Waals surface area contributed by atoms with Crippen molar-refractivity contribution in [2.45, 2.75) is 26.2 Å². The van der Waals surface area contributed by atoms with Crippen LogP contribution in [0.3, 0.4) is 0 Å². The minimum absolute atomic E-state index is 0.0226. The molecule has 7 nitrogen and oxygen atoms in total. The summed E-state index contributed by atoms with van der Waals surface area (Å²) in [6.45, 7) is 1.69. The van der Waals surface area contributed by atoms with Crippen LogP contribution in [0.1, 0.15) is 26.2 Å². The summed E-state index contributed by atoms with van der Waals surface area (Å²) >= 11 is 0. The molecule has 1 aliphatic heterocycles. The van der Waals surface area contributed by atoms with Crippen molar-refractivity contribution in [2.75, 3.05) is 18.1 Å². The molecule has 0 fully saturated rings. The minimum atomic E-state index is -3.07. The van der Waals surface area contributed by atoms with Gasteiger partial charge in [-0.2, -0.15) is 5.10 Å². The molecule has 0 saturated carbocycles. The summed E-state index contributed by atoms with van der Waals surface area (Å²) in [6, 6.07) is 0. The third-order valence-corrected chi connectivity index (χ3v) is 4.41. The smallest absolute Gasteiger partial charge is 0.352 e. The van der Waals surface area contributed by atoms with Gasteiger partial charge in [-0.25, -0.2) is 18.2 Å². The summed E-state index contributed by atoms with van der Waals surface area (Å²) in [6.07, 6.45) is 0.488. The van der Waals surface area contributed by atoms with Crippen LogP contribution in [-0.2, 0) is 19.4 Å². The molecule has 1 rings (SSSR count). The lowest BCUT2D eigenvalue weighted by atomic mass is 10.1. The van der Waals surface area contributed by atoms with E-state index >= 15 is 0 Å². The van der Waals surface area contributed by atoms with Gasteiger partial charge in [0.15, 0.2) is 0 Å². The standard InChI is InChI=1S/C10H16N2O5S/c1-2-18(16,17)7-3-6-12-9(13)5-4-8(11-12)10(14)15/h2-7H2,1H3,(H,14,15). The molecule has 1 N–H and O–H groups in total. The van der Waals surface area contributed by atoms with Gasteiger partial charge in [0, 0.05) is 25.1 Å². The number of carboxylic acids is 1. The normalized spacial score (nSPS) is 16.6. The van der Waals surface area contributed by atoms with Gasteiger partial charge in [0.05, 0.1) is 5.75 Å². The Balaban J connectivity index is 2.57. The van der Waals surface area contributed by atoms with E-state index in [1.165, 1.54) is 0 Å². The topological polar surface area (TPSA) is 104 Å². The molecule has 0 radical (unpaired) electrons. The van der Waals surface area contributed by atoms with E-state index in [1.54, 1.807) is 6.92 Å². The van der Waals surface area contributed by atoms with Gasteiger partial charge in [-0.1, -0.05) is 6.92 Å². The molecule has 0 aromatic heterocycles. The molecule has 1 aliphatic rings. The van der Waals surface area contributed by atoms with Crippen LogP contribution in [0.2, 0.25) is 0 Å². The van der Waals surface area contributed by atoms with E-state index in [9.17, 15) is 18.0 Å². The maximum atomic E-state index is 11.5. The minimum Gasteiger partial charge on any atom is -0.477 e. The van der Waals surface area contributed by atoms with Gasteiger partial charge in [0.2, 0.25) is 5.91 Å². The van der Waals surface area contributed by atoms with Crippen LogP contribution in [0.25, 0.3) is 0 Å². The van der Waals surface area contributed by atoms with Crippen molar-refractivity contribution in [3.8, 4) is 0 Å². The second kappa shape index (κ2) is 5.94. The second-order valence-electron chi connectivity index (χ2n) is 3.96. The molecule has 102 valence electrons. The SMILES string of the molecule is CCS(=O)(=O)CCCN1N=C(C(=O)O)CCC1=O. The van der Waals surface area contributed by atoms with Gasteiger partial charge in [0.1, 0.15) is 15.5 Å². The average molecular weight is 276 g/mol.